The van der Waals surface area contributed by atoms with Crippen molar-refractivity contribution < 1.29 is 14.3 Å². The average Bonchev–Trinajstić information content (AvgIpc) is 1.87. The molecule has 0 saturated carbocycles. The minimum absolute atomic E-state index is 0.00648. The topological polar surface area (TPSA) is 89.3 Å². The second-order valence-corrected chi connectivity index (χ2v) is 1.96. The van der Waals surface area contributed by atoms with E-state index in [0.29, 0.717) is 0 Å². The molecule has 0 radical (unpaired) electrons. The Kier molecular flexibility index (Phi) is 3.90. The number of carboxylic acids is 1. The lowest BCUT2D eigenvalue weighted by Crippen LogP contribution is -2.40. The molecule has 2 atom stereocenters. The number of rotatable bonds is 4. The number of nitrogens with two attached hydrogens (primary N) is 2. The molecule has 0 spiro atoms. The fourth-order valence-electron chi connectivity index (χ4n) is 0.493. The van der Waals surface area contributed by atoms with Crippen molar-refractivity contribution in [2.24, 2.45) is 11.5 Å². The summed E-state index contributed by atoms with van der Waals surface area (Å²) in [6.07, 6.45) is -1.55. The molecule has 5 N–H and O–H groups in total. The molecule has 5 heteroatoms. The molecule has 60 valence electrons. The first-order valence-corrected chi connectivity index (χ1v) is 2.92. The number of carbonyl (C=O) groups is 1. The Bertz CT molecular complexity index is 120. The molecular weight excluding hydrogens is 139 g/mol. The van der Waals surface area contributed by atoms with E-state index in [4.69, 9.17) is 16.6 Å². The van der Waals surface area contributed by atoms with E-state index < -0.39 is 18.2 Å². The van der Waals surface area contributed by atoms with Crippen molar-refractivity contribution in [1.82, 2.24) is 0 Å². The van der Waals surface area contributed by atoms with Crippen LogP contribution >= 0.6 is 0 Å². The van der Waals surface area contributed by atoms with E-state index >= 15 is 0 Å². The Morgan fingerprint density at radius 1 is 1.70 bits per heavy atom. The number of alkyl halides is 1. The molecule has 0 aromatic rings. The summed E-state index contributed by atoms with van der Waals surface area (Å²) in [7, 11) is 0. The van der Waals surface area contributed by atoms with Crippen LogP contribution in [0.15, 0.2) is 0 Å². The van der Waals surface area contributed by atoms with Crippen LogP contribution in [0.1, 0.15) is 6.42 Å². The second kappa shape index (κ2) is 4.19. The van der Waals surface area contributed by atoms with E-state index in [1.165, 1.54) is 0 Å². The third kappa shape index (κ3) is 2.75. The molecule has 0 heterocycles. The van der Waals surface area contributed by atoms with Gasteiger partial charge in [0, 0.05) is 0 Å². The van der Waals surface area contributed by atoms with Crippen molar-refractivity contribution in [3.05, 3.63) is 0 Å². The fraction of sp³-hybridized carbons (Fsp3) is 0.800. The fourth-order valence-corrected chi connectivity index (χ4v) is 0.493. The van der Waals surface area contributed by atoms with Gasteiger partial charge >= 0.3 is 5.97 Å². The normalized spacial score (nSPS) is 16.3. The second-order valence-electron chi connectivity index (χ2n) is 1.96. The van der Waals surface area contributed by atoms with Gasteiger partial charge in [0.05, 0.1) is 0 Å². The predicted octanol–water partition coefficient (Wildman–Crippen LogP) is -0.915. The molecule has 4 nitrogen and oxygen atoms in total. The highest BCUT2D eigenvalue weighted by atomic mass is 19.1. The summed E-state index contributed by atoms with van der Waals surface area (Å²) in [5, 5.41) is 8.17. The summed E-state index contributed by atoms with van der Waals surface area (Å²) >= 11 is 0. The van der Waals surface area contributed by atoms with Crippen LogP contribution in [0, 0.1) is 0 Å². The largest absolute Gasteiger partial charge is 0.480 e. The maximum atomic E-state index is 12.5. The number of carboxylic acid groups (broad SMARTS) is 1. The highest BCUT2D eigenvalue weighted by Gasteiger charge is 2.22. The lowest BCUT2D eigenvalue weighted by molar-refractivity contribution is -0.140. The maximum Gasteiger partial charge on any atom is 0.323 e. The van der Waals surface area contributed by atoms with Crippen molar-refractivity contribution >= 4 is 5.97 Å². The van der Waals surface area contributed by atoms with Gasteiger partial charge in [0.1, 0.15) is 12.2 Å². The molecule has 0 aliphatic carbocycles. The smallest absolute Gasteiger partial charge is 0.323 e. The molecule has 0 saturated heterocycles. The van der Waals surface area contributed by atoms with Crippen molar-refractivity contribution in [1.29, 1.82) is 0 Å². The van der Waals surface area contributed by atoms with E-state index in [-0.39, 0.29) is 13.0 Å². The van der Waals surface area contributed by atoms with Gasteiger partial charge in [-0.2, -0.15) is 0 Å². The van der Waals surface area contributed by atoms with Crippen molar-refractivity contribution in [3.8, 4) is 0 Å². The number of aliphatic carboxylic acids is 1. The molecule has 0 aromatic carbocycles. The minimum Gasteiger partial charge on any atom is -0.480 e. The molecule has 0 rings (SSSR count). The monoisotopic (exact) mass is 150 g/mol. The SMILES string of the molecule is NCCC(F)C(N)C(=O)O. The molecule has 0 aliphatic heterocycles. The van der Waals surface area contributed by atoms with Crippen molar-refractivity contribution in [2.45, 2.75) is 18.6 Å². The van der Waals surface area contributed by atoms with Crippen LogP contribution in [0.4, 0.5) is 4.39 Å². The van der Waals surface area contributed by atoms with E-state index in [9.17, 15) is 9.18 Å². The van der Waals surface area contributed by atoms with Crippen LogP contribution < -0.4 is 11.5 Å². The van der Waals surface area contributed by atoms with Crippen LogP contribution in [0.2, 0.25) is 0 Å². The average molecular weight is 150 g/mol. The summed E-state index contributed by atoms with van der Waals surface area (Å²) < 4.78 is 12.5. The molecule has 0 aromatic heterocycles. The van der Waals surface area contributed by atoms with E-state index in [1.54, 1.807) is 0 Å². The lowest BCUT2D eigenvalue weighted by atomic mass is 10.1. The quantitative estimate of drug-likeness (QED) is 0.483. The Labute approximate surface area is 58.0 Å². The third-order valence-corrected chi connectivity index (χ3v) is 1.12. The van der Waals surface area contributed by atoms with Gasteiger partial charge in [-0.25, -0.2) is 4.39 Å². The minimum atomic E-state index is -1.54. The highest BCUT2D eigenvalue weighted by Crippen LogP contribution is 2.00. The molecule has 0 fully saturated rings. The van der Waals surface area contributed by atoms with E-state index in [0.717, 1.165) is 0 Å². The summed E-state index contributed by atoms with van der Waals surface area (Å²) in [5.74, 6) is -1.33. The highest BCUT2D eigenvalue weighted by molar-refractivity contribution is 5.73. The summed E-state index contributed by atoms with van der Waals surface area (Å²) in [6, 6.07) is -1.44. The standard InChI is InChI=1S/C5H11FN2O2/c6-3(1-2-7)4(8)5(9)10/h3-4H,1-2,7-8H2,(H,9,10). The number of hydrogen-bond donors (Lipinski definition) is 3. The van der Waals surface area contributed by atoms with Crippen molar-refractivity contribution in [2.75, 3.05) is 6.54 Å². The van der Waals surface area contributed by atoms with Gasteiger partial charge in [-0.15, -0.1) is 0 Å². The van der Waals surface area contributed by atoms with Gasteiger partial charge in [0.15, 0.2) is 0 Å². The maximum absolute atomic E-state index is 12.5. The molecule has 0 aliphatic rings. The molecular formula is C5H11FN2O2. The number of hydrogen-bond acceptors (Lipinski definition) is 3. The van der Waals surface area contributed by atoms with Crippen LogP contribution in [-0.4, -0.2) is 29.8 Å². The first kappa shape index (κ1) is 9.32. The Hall–Kier alpha value is -0.680. The lowest BCUT2D eigenvalue weighted by Gasteiger charge is -2.09. The van der Waals surface area contributed by atoms with Gasteiger partial charge in [0.25, 0.3) is 0 Å². The first-order valence-electron chi connectivity index (χ1n) is 2.92. The van der Waals surface area contributed by atoms with Gasteiger partial charge in [0.2, 0.25) is 0 Å². The third-order valence-electron chi connectivity index (χ3n) is 1.12. The Morgan fingerprint density at radius 2 is 2.20 bits per heavy atom. The van der Waals surface area contributed by atoms with Gasteiger partial charge < -0.3 is 16.6 Å². The van der Waals surface area contributed by atoms with Crippen molar-refractivity contribution in [3.63, 3.8) is 0 Å². The number of halogens is 1. The first-order chi connectivity index (χ1) is 4.59. The Balaban J connectivity index is 3.69. The zero-order valence-electron chi connectivity index (χ0n) is 5.46. The summed E-state index contributed by atoms with van der Waals surface area (Å²) in [6.45, 7) is 0.113. The van der Waals surface area contributed by atoms with Crippen LogP contribution in [0.5, 0.6) is 0 Å². The zero-order valence-corrected chi connectivity index (χ0v) is 5.46. The molecule has 2 unspecified atom stereocenters. The molecule has 0 bridgehead atoms. The van der Waals surface area contributed by atoms with E-state index in [2.05, 4.69) is 0 Å². The predicted molar refractivity (Wildman–Crippen MR) is 34.2 cm³/mol. The summed E-state index contributed by atoms with van der Waals surface area (Å²) in [5.41, 5.74) is 9.89. The molecule has 10 heavy (non-hydrogen) atoms. The Morgan fingerprint density at radius 3 is 2.50 bits per heavy atom. The molecule has 0 amide bonds. The van der Waals surface area contributed by atoms with Gasteiger partial charge in [-0.1, -0.05) is 0 Å². The van der Waals surface area contributed by atoms with Gasteiger partial charge in [-0.05, 0) is 13.0 Å². The summed E-state index contributed by atoms with van der Waals surface area (Å²) in [4.78, 5) is 10.0. The van der Waals surface area contributed by atoms with Crippen LogP contribution in [-0.2, 0) is 4.79 Å². The van der Waals surface area contributed by atoms with Crippen LogP contribution in [0.25, 0.3) is 0 Å². The van der Waals surface area contributed by atoms with E-state index in [1.807, 2.05) is 0 Å². The van der Waals surface area contributed by atoms with Gasteiger partial charge in [-0.3, -0.25) is 4.79 Å². The zero-order chi connectivity index (χ0) is 8.15. The van der Waals surface area contributed by atoms with Crippen LogP contribution in [0.3, 0.4) is 0 Å².